The molecule has 0 bridgehead atoms. The predicted octanol–water partition coefficient (Wildman–Crippen LogP) is 2.05. The largest absolute Gasteiger partial charge is 0.330 e. The van der Waals surface area contributed by atoms with Crippen LogP contribution in [-0.2, 0) is 0 Å². The van der Waals surface area contributed by atoms with E-state index in [1.54, 1.807) is 0 Å². The summed E-state index contributed by atoms with van der Waals surface area (Å²) in [7, 11) is 0. The molecule has 0 saturated heterocycles. The van der Waals surface area contributed by atoms with Crippen molar-refractivity contribution in [1.82, 2.24) is 0 Å². The molecule has 0 aliphatic carbocycles. The summed E-state index contributed by atoms with van der Waals surface area (Å²) < 4.78 is 0. The van der Waals surface area contributed by atoms with Crippen LogP contribution in [0.2, 0.25) is 0 Å². The summed E-state index contributed by atoms with van der Waals surface area (Å²) in [5.74, 6) is 1.49. The molecule has 0 aromatic rings. The van der Waals surface area contributed by atoms with Gasteiger partial charge in [-0.15, -0.1) is 12.4 Å². The molecule has 0 aliphatic rings. The lowest BCUT2D eigenvalue weighted by atomic mass is 9.94. The Balaban J connectivity index is 0. The highest BCUT2D eigenvalue weighted by molar-refractivity contribution is 5.85. The summed E-state index contributed by atoms with van der Waals surface area (Å²) in [4.78, 5) is 0. The lowest BCUT2D eigenvalue weighted by molar-refractivity contribution is 0.386. The Kier molecular flexibility index (Phi) is 8.48. The third-order valence-corrected chi connectivity index (χ3v) is 1.99. The van der Waals surface area contributed by atoms with E-state index < -0.39 is 0 Å². The smallest absolute Gasteiger partial charge is 0.00490 e. The summed E-state index contributed by atoms with van der Waals surface area (Å²) in [6.07, 6.45) is 1.25. The number of halogens is 1. The minimum Gasteiger partial charge on any atom is -0.330 e. The summed E-state index contributed by atoms with van der Waals surface area (Å²) in [6.45, 7) is 7.48. The van der Waals surface area contributed by atoms with Crippen LogP contribution >= 0.6 is 12.4 Å². The fourth-order valence-electron chi connectivity index (χ4n) is 0.635. The standard InChI is InChI=1S/C7H17N.ClH/c1-4-6(2)7(3)5-8;/h6-7H,4-5,8H2,1-3H3;1H. The Bertz CT molecular complexity index is 48.9. The van der Waals surface area contributed by atoms with Gasteiger partial charge in [-0.05, 0) is 18.4 Å². The van der Waals surface area contributed by atoms with Gasteiger partial charge in [-0.25, -0.2) is 0 Å². The molecular formula is C7H18ClN. The molecule has 2 N–H and O–H groups in total. The SMILES string of the molecule is CCC(C)C(C)CN.Cl. The molecule has 0 aromatic heterocycles. The molecule has 9 heavy (non-hydrogen) atoms. The van der Waals surface area contributed by atoms with Gasteiger partial charge in [0.1, 0.15) is 0 Å². The minimum atomic E-state index is 0. The molecular weight excluding hydrogens is 134 g/mol. The lowest BCUT2D eigenvalue weighted by Crippen LogP contribution is -2.17. The number of hydrogen-bond acceptors (Lipinski definition) is 1. The van der Waals surface area contributed by atoms with Crippen molar-refractivity contribution in [1.29, 1.82) is 0 Å². The van der Waals surface area contributed by atoms with Crippen LogP contribution in [-0.4, -0.2) is 6.54 Å². The van der Waals surface area contributed by atoms with E-state index in [4.69, 9.17) is 5.73 Å². The average Bonchev–Trinajstić information content (AvgIpc) is 1.84. The van der Waals surface area contributed by atoms with E-state index in [1.165, 1.54) is 6.42 Å². The van der Waals surface area contributed by atoms with Crippen molar-refractivity contribution in [3.8, 4) is 0 Å². The zero-order valence-electron chi connectivity index (χ0n) is 6.55. The average molecular weight is 152 g/mol. The van der Waals surface area contributed by atoms with Crippen LogP contribution in [0.15, 0.2) is 0 Å². The molecule has 1 nitrogen and oxygen atoms in total. The number of nitrogens with two attached hydrogens (primary N) is 1. The molecule has 58 valence electrons. The highest BCUT2D eigenvalue weighted by Gasteiger charge is 2.05. The zero-order valence-corrected chi connectivity index (χ0v) is 7.37. The van der Waals surface area contributed by atoms with Crippen molar-refractivity contribution < 1.29 is 0 Å². The molecule has 2 unspecified atom stereocenters. The molecule has 2 atom stereocenters. The van der Waals surface area contributed by atoms with E-state index in [1.807, 2.05) is 0 Å². The van der Waals surface area contributed by atoms with E-state index in [9.17, 15) is 0 Å². The van der Waals surface area contributed by atoms with Gasteiger partial charge in [-0.1, -0.05) is 27.2 Å². The van der Waals surface area contributed by atoms with Crippen LogP contribution in [0.5, 0.6) is 0 Å². The molecule has 0 spiro atoms. The van der Waals surface area contributed by atoms with Crippen LogP contribution in [0, 0.1) is 11.8 Å². The van der Waals surface area contributed by atoms with Gasteiger partial charge in [0.25, 0.3) is 0 Å². The maximum Gasteiger partial charge on any atom is -0.00490 e. The van der Waals surface area contributed by atoms with Crippen LogP contribution in [0.3, 0.4) is 0 Å². The Hall–Kier alpha value is 0.250. The normalized spacial score (nSPS) is 16.0. The highest BCUT2D eigenvalue weighted by atomic mass is 35.5. The molecule has 2 heteroatoms. The van der Waals surface area contributed by atoms with Gasteiger partial charge >= 0.3 is 0 Å². The second kappa shape index (κ2) is 6.37. The summed E-state index contributed by atoms with van der Waals surface area (Å²) >= 11 is 0. The summed E-state index contributed by atoms with van der Waals surface area (Å²) in [6, 6.07) is 0. The summed E-state index contributed by atoms with van der Waals surface area (Å²) in [5, 5.41) is 0. The Labute approximate surface area is 64.4 Å². The van der Waals surface area contributed by atoms with Gasteiger partial charge in [0.05, 0.1) is 0 Å². The molecule has 0 radical (unpaired) electrons. The van der Waals surface area contributed by atoms with E-state index in [0.717, 1.165) is 12.5 Å². The first-order valence-corrected chi connectivity index (χ1v) is 3.42. The third-order valence-electron chi connectivity index (χ3n) is 1.99. The second-order valence-electron chi connectivity index (χ2n) is 2.60. The van der Waals surface area contributed by atoms with E-state index in [0.29, 0.717) is 5.92 Å². The van der Waals surface area contributed by atoms with Crippen LogP contribution < -0.4 is 5.73 Å². The fraction of sp³-hybridized carbons (Fsp3) is 1.00. The maximum absolute atomic E-state index is 5.45. The van der Waals surface area contributed by atoms with Crippen LogP contribution in [0.4, 0.5) is 0 Å². The third kappa shape index (κ3) is 4.73. The fourth-order valence-corrected chi connectivity index (χ4v) is 0.635. The topological polar surface area (TPSA) is 26.0 Å². The zero-order chi connectivity index (χ0) is 6.57. The van der Waals surface area contributed by atoms with Crippen molar-refractivity contribution >= 4 is 12.4 Å². The quantitative estimate of drug-likeness (QED) is 0.657. The van der Waals surface area contributed by atoms with Gasteiger partial charge in [-0.3, -0.25) is 0 Å². The Morgan fingerprint density at radius 3 is 1.78 bits per heavy atom. The van der Waals surface area contributed by atoms with Crippen LogP contribution in [0.1, 0.15) is 27.2 Å². The minimum absolute atomic E-state index is 0. The van der Waals surface area contributed by atoms with Crippen molar-refractivity contribution in [2.24, 2.45) is 17.6 Å². The first kappa shape index (κ1) is 12.0. The monoisotopic (exact) mass is 151 g/mol. The van der Waals surface area contributed by atoms with Crippen LogP contribution in [0.25, 0.3) is 0 Å². The molecule has 0 aromatic carbocycles. The highest BCUT2D eigenvalue weighted by Crippen LogP contribution is 2.11. The maximum atomic E-state index is 5.45. The predicted molar refractivity (Wildman–Crippen MR) is 44.9 cm³/mol. The van der Waals surface area contributed by atoms with Gasteiger partial charge in [0.2, 0.25) is 0 Å². The molecule has 0 aliphatic heterocycles. The molecule has 0 fully saturated rings. The van der Waals surface area contributed by atoms with E-state index in [-0.39, 0.29) is 12.4 Å². The lowest BCUT2D eigenvalue weighted by Gasteiger charge is -2.14. The molecule has 0 rings (SSSR count). The second-order valence-corrected chi connectivity index (χ2v) is 2.60. The van der Waals surface area contributed by atoms with Gasteiger partial charge in [0, 0.05) is 0 Å². The van der Waals surface area contributed by atoms with Crippen molar-refractivity contribution in [2.75, 3.05) is 6.54 Å². The molecule has 0 amide bonds. The number of hydrogen-bond donors (Lipinski definition) is 1. The van der Waals surface area contributed by atoms with Gasteiger partial charge < -0.3 is 5.73 Å². The van der Waals surface area contributed by atoms with Crippen molar-refractivity contribution in [3.63, 3.8) is 0 Å². The van der Waals surface area contributed by atoms with Crippen molar-refractivity contribution in [3.05, 3.63) is 0 Å². The van der Waals surface area contributed by atoms with Gasteiger partial charge in [-0.2, -0.15) is 0 Å². The van der Waals surface area contributed by atoms with E-state index >= 15 is 0 Å². The first-order valence-electron chi connectivity index (χ1n) is 3.42. The first-order chi connectivity index (χ1) is 3.72. The van der Waals surface area contributed by atoms with E-state index in [2.05, 4.69) is 20.8 Å². The Morgan fingerprint density at radius 2 is 1.67 bits per heavy atom. The van der Waals surface area contributed by atoms with Crippen molar-refractivity contribution in [2.45, 2.75) is 27.2 Å². The number of rotatable bonds is 3. The molecule has 0 saturated carbocycles. The Morgan fingerprint density at radius 1 is 1.22 bits per heavy atom. The molecule has 0 heterocycles. The van der Waals surface area contributed by atoms with Gasteiger partial charge in [0.15, 0.2) is 0 Å². The summed E-state index contributed by atoms with van der Waals surface area (Å²) in [5.41, 5.74) is 5.45.